The van der Waals surface area contributed by atoms with Crippen LogP contribution in [-0.4, -0.2) is 64.8 Å². The molecule has 0 aromatic heterocycles. The summed E-state index contributed by atoms with van der Waals surface area (Å²) in [6, 6.07) is 0. The molecule has 0 N–H and O–H groups in total. The first-order chi connectivity index (χ1) is 16.6. The molecule has 0 aromatic carbocycles. The molecule has 2 unspecified atom stereocenters. The second-order valence-corrected chi connectivity index (χ2v) is 14.5. The van der Waals surface area contributed by atoms with Crippen LogP contribution in [0, 0.1) is 0 Å². The van der Waals surface area contributed by atoms with Crippen LogP contribution in [0.15, 0.2) is 0 Å². The third-order valence-electron chi connectivity index (χ3n) is 6.18. The number of quaternary nitrogens is 1. The number of unbranched alkanes of at least 4 members (excludes halogenated alkanes) is 15. The van der Waals surface area contributed by atoms with E-state index in [9.17, 15) is 13.0 Å². The molecule has 0 aliphatic carbocycles. The lowest BCUT2D eigenvalue weighted by Crippen LogP contribution is -2.40. The predicted molar refractivity (Wildman–Crippen MR) is 150 cm³/mol. The van der Waals surface area contributed by atoms with Crippen molar-refractivity contribution in [3.8, 4) is 0 Å². The summed E-state index contributed by atoms with van der Waals surface area (Å²) in [5.74, 6) is 0.331. The van der Waals surface area contributed by atoms with E-state index in [4.69, 9.17) is 9.05 Å². The smallest absolute Gasteiger partial charge is 0.329 e. The molecule has 0 fully saturated rings. The lowest BCUT2D eigenvalue weighted by atomic mass is 10.0. The highest BCUT2D eigenvalue weighted by Crippen LogP contribution is 2.26. The van der Waals surface area contributed by atoms with Crippen LogP contribution in [-0.2, 0) is 23.4 Å². The zero-order chi connectivity index (χ0) is 26.4. The lowest BCUT2D eigenvalue weighted by Gasteiger charge is -2.24. The molecule has 0 heterocycles. The minimum Gasteiger partial charge on any atom is -0.329 e. The van der Waals surface area contributed by atoms with Gasteiger partial charge in [0.05, 0.1) is 32.6 Å². The molecule has 0 amide bonds. The summed E-state index contributed by atoms with van der Waals surface area (Å²) in [6.45, 7) is 4.99. The summed E-state index contributed by atoms with van der Waals surface area (Å²) < 4.78 is 47.5. The minimum atomic E-state index is -3.06. The van der Waals surface area contributed by atoms with Crippen LogP contribution >= 0.6 is 8.25 Å². The highest BCUT2D eigenvalue weighted by Gasteiger charge is 2.28. The Labute approximate surface area is 219 Å². The molecule has 2 atom stereocenters. The maximum atomic E-state index is 12.2. The van der Waals surface area contributed by atoms with Crippen molar-refractivity contribution in [2.45, 2.75) is 129 Å². The van der Waals surface area contributed by atoms with E-state index in [0.29, 0.717) is 10.9 Å². The first-order valence-corrected chi connectivity index (χ1v) is 17.3. The molecule has 210 valence electrons. The molecule has 0 rings (SSSR count). The van der Waals surface area contributed by atoms with E-state index < -0.39 is 18.1 Å². The van der Waals surface area contributed by atoms with Crippen LogP contribution in [0.4, 0.5) is 0 Å². The van der Waals surface area contributed by atoms with Crippen LogP contribution in [0.3, 0.4) is 0 Å². The summed E-state index contributed by atoms with van der Waals surface area (Å²) in [7, 11) is 0.850. The molecule has 35 heavy (non-hydrogen) atoms. The summed E-state index contributed by atoms with van der Waals surface area (Å²) in [5.41, 5.74) is 0. The molecule has 6 nitrogen and oxygen atoms in total. The Morgan fingerprint density at radius 3 is 1.51 bits per heavy atom. The quantitative estimate of drug-likeness (QED) is 0.0636. The Bertz CT molecular complexity index is 607. The van der Waals surface area contributed by atoms with E-state index >= 15 is 0 Å². The number of hydrogen-bond acceptors (Lipinski definition) is 5. The maximum Gasteiger partial charge on any atom is 0.697 e. The molecule has 0 radical (unpaired) electrons. The van der Waals surface area contributed by atoms with Crippen molar-refractivity contribution in [2.75, 3.05) is 45.8 Å². The molecule has 0 saturated carbocycles. The summed E-state index contributed by atoms with van der Waals surface area (Å²) in [6.07, 6.45) is 20.7. The highest BCUT2D eigenvalue weighted by atomic mass is 32.2. The zero-order valence-electron chi connectivity index (χ0n) is 23.8. The minimum absolute atomic E-state index is 0.0867. The van der Waals surface area contributed by atoms with E-state index in [0.717, 1.165) is 25.8 Å². The number of nitrogens with zero attached hydrogens (tertiary/aromatic N) is 1. The molecule has 0 aliphatic rings. The number of rotatable bonds is 26. The van der Waals surface area contributed by atoms with Gasteiger partial charge in [-0.15, -0.1) is 9.05 Å². The van der Waals surface area contributed by atoms with E-state index in [-0.39, 0.29) is 24.2 Å². The van der Waals surface area contributed by atoms with Gasteiger partial charge in [0.15, 0.2) is 6.10 Å². The second kappa shape index (κ2) is 22.0. The average molecular weight is 540 g/mol. The fourth-order valence-corrected chi connectivity index (χ4v) is 6.48. The molecule has 0 spiro atoms. The fourth-order valence-electron chi connectivity index (χ4n) is 4.37. The van der Waals surface area contributed by atoms with Gasteiger partial charge >= 0.3 is 8.25 Å². The Kier molecular flexibility index (Phi) is 21.9. The normalized spacial score (nSPS) is 13.8. The van der Waals surface area contributed by atoms with Gasteiger partial charge in [0.2, 0.25) is 0 Å². The van der Waals surface area contributed by atoms with Gasteiger partial charge < -0.3 is 4.48 Å². The van der Waals surface area contributed by atoms with Crippen LogP contribution in [0.5, 0.6) is 0 Å². The standard InChI is InChI=1S/C27H58NO5PS/c1-6-7-8-9-10-11-12-13-14-15-16-17-18-19-20-21-24-35(30,31)25-22-23-32-34(29)33-27(2)26-28(3,4)5/h27H,6-26H2,1-5H3/q+2. The molecule has 0 aliphatic heterocycles. The third-order valence-corrected chi connectivity index (χ3v) is 8.92. The predicted octanol–water partition coefficient (Wildman–Crippen LogP) is 7.84. The SMILES string of the molecule is CCCCCCCCCCCCCCCCCCS(=O)(=O)CCCO[P+](=O)OC(C)C[N+](C)(C)C. The lowest BCUT2D eigenvalue weighted by molar-refractivity contribution is -0.873. The van der Waals surface area contributed by atoms with Crippen molar-refractivity contribution in [2.24, 2.45) is 0 Å². The van der Waals surface area contributed by atoms with E-state index in [1.807, 2.05) is 28.1 Å². The van der Waals surface area contributed by atoms with Gasteiger partial charge in [0, 0.05) is 4.57 Å². The molecule has 0 bridgehead atoms. The molecular formula is C27H58NO5PS+2. The first-order valence-electron chi connectivity index (χ1n) is 14.3. The summed E-state index contributed by atoms with van der Waals surface area (Å²) >= 11 is 0. The van der Waals surface area contributed by atoms with Crippen molar-refractivity contribution in [3.05, 3.63) is 0 Å². The molecule has 0 aromatic rings. The molecule has 0 saturated heterocycles. The van der Waals surface area contributed by atoms with Crippen LogP contribution < -0.4 is 0 Å². The van der Waals surface area contributed by atoms with Crippen LogP contribution in [0.25, 0.3) is 0 Å². The second-order valence-electron chi connectivity index (χ2n) is 11.3. The third kappa shape index (κ3) is 26.8. The Morgan fingerprint density at radius 1 is 0.686 bits per heavy atom. The number of sulfone groups is 1. The van der Waals surface area contributed by atoms with Crippen molar-refractivity contribution >= 4 is 18.1 Å². The van der Waals surface area contributed by atoms with Gasteiger partial charge in [-0.05, 0) is 19.8 Å². The van der Waals surface area contributed by atoms with Gasteiger partial charge in [-0.1, -0.05) is 103 Å². The van der Waals surface area contributed by atoms with Crippen molar-refractivity contribution in [1.82, 2.24) is 0 Å². The van der Waals surface area contributed by atoms with Gasteiger partial charge in [-0.3, -0.25) is 0 Å². The largest absolute Gasteiger partial charge is 0.697 e. The monoisotopic (exact) mass is 539 g/mol. The van der Waals surface area contributed by atoms with Gasteiger partial charge in [0.25, 0.3) is 0 Å². The van der Waals surface area contributed by atoms with E-state index in [2.05, 4.69) is 6.92 Å². The van der Waals surface area contributed by atoms with Crippen molar-refractivity contribution < 1.29 is 26.5 Å². The van der Waals surface area contributed by atoms with Gasteiger partial charge in [-0.2, -0.15) is 0 Å². The average Bonchev–Trinajstić information content (AvgIpc) is 2.75. The number of hydrogen-bond donors (Lipinski definition) is 0. The van der Waals surface area contributed by atoms with Gasteiger partial charge in [0.1, 0.15) is 23.0 Å². The Hall–Kier alpha value is -0.0700. The van der Waals surface area contributed by atoms with Crippen LogP contribution in [0.1, 0.15) is 123 Å². The highest BCUT2D eigenvalue weighted by molar-refractivity contribution is 7.91. The fraction of sp³-hybridized carbons (Fsp3) is 1.00. The van der Waals surface area contributed by atoms with E-state index in [1.54, 1.807) is 0 Å². The summed E-state index contributed by atoms with van der Waals surface area (Å²) in [5, 5.41) is 0. The topological polar surface area (TPSA) is 69.7 Å². The zero-order valence-corrected chi connectivity index (χ0v) is 25.5. The number of likely N-dealkylation sites (N-methyl/N-ethyl adjacent to an activating group) is 1. The Morgan fingerprint density at radius 2 is 1.09 bits per heavy atom. The van der Waals surface area contributed by atoms with Crippen molar-refractivity contribution in [1.29, 1.82) is 0 Å². The molecule has 8 heteroatoms. The summed E-state index contributed by atoms with van der Waals surface area (Å²) in [4.78, 5) is 0. The van der Waals surface area contributed by atoms with Gasteiger partial charge in [-0.25, -0.2) is 8.42 Å². The van der Waals surface area contributed by atoms with Crippen molar-refractivity contribution in [3.63, 3.8) is 0 Å². The maximum absolute atomic E-state index is 12.2. The Balaban J connectivity index is 3.52. The molecular weight excluding hydrogens is 481 g/mol. The van der Waals surface area contributed by atoms with Crippen LogP contribution in [0.2, 0.25) is 0 Å². The first kappa shape index (κ1) is 34.9. The van der Waals surface area contributed by atoms with E-state index in [1.165, 1.54) is 83.5 Å².